The van der Waals surface area contributed by atoms with Crippen LogP contribution in [0.1, 0.15) is 21.5 Å². The molecule has 116 valence electrons. The second-order valence-corrected chi connectivity index (χ2v) is 5.54. The molecule has 6 heteroatoms. The number of amides is 1. The molecule has 2 aromatic carbocycles. The number of rotatable bonds is 2. The van der Waals surface area contributed by atoms with E-state index in [0.717, 1.165) is 0 Å². The van der Waals surface area contributed by atoms with Crippen LogP contribution in [0.4, 0.5) is 10.1 Å². The summed E-state index contributed by atoms with van der Waals surface area (Å²) in [5.41, 5.74) is 6.84. The maximum atomic E-state index is 14.2. The molecule has 23 heavy (non-hydrogen) atoms. The zero-order chi connectivity index (χ0) is 16.6. The maximum absolute atomic E-state index is 14.2. The number of fused-ring (bicyclic) bond motifs is 1. The van der Waals surface area contributed by atoms with E-state index < -0.39 is 11.7 Å². The van der Waals surface area contributed by atoms with Gasteiger partial charge in [0.1, 0.15) is 11.7 Å². The number of halogens is 2. The van der Waals surface area contributed by atoms with Crippen LogP contribution < -0.4 is 10.6 Å². The van der Waals surface area contributed by atoms with Gasteiger partial charge in [-0.3, -0.25) is 10.2 Å². The Bertz CT molecular complexity index is 848. The molecule has 0 bridgehead atoms. The van der Waals surface area contributed by atoms with Gasteiger partial charge in [0.05, 0.1) is 11.3 Å². The minimum Gasteiger partial charge on any atom is -0.384 e. The maximum Gasteiger partial charge on any atom is 0.259 e. The molecule has 1 amide bonds. The molecule has 1 heterocycles. The van der Waals surface area contributed by atoms with Crippen LogP contribution in [0.2, 0.25) is 5.02 Å². The quantitative estimate of drug-likeness (QED) is 0.654. The van der Waals surface area contributed by atoms with Gasteiger partial charge in [-0.25, -0.2) is 4.39 Å². The smallest absolute Gasteiger partial charge is 0.259 e. The highest BCUT2D eigenvalue weighted by Gasteiger charge is 2.26. The number of nitrogens with two attached hydrogens (primary N) is 1. The summed E-state index contributed by atoms with van der Waals surface area (Å²) in [7, 11) is 0. The van der Waals surface area contributed by atoms with E-state index in [0.29, 0.717) is 10.6 Å². The SMILES string of the molecule is N=C(N)c1cc(Cl)ccc1C(=O)N1CC=Cc2cccc(F)c21. The third kappa shape index (κ3) is 2.71. The summed E-state index contributed by atoms with van der Waals surface area (Å²) in [6, 6.07) is 9.15. The van der Waals surface area contributed by atoms with Crippen LogP contribution in [0.25, 0.3) is 6.08 Å². The molecular weight excluding hydrogens is 317 g/mol. The Balaban J connectivity index is 2.10. The molecule has 0 saturated heterocycles. The van der Waals surface area contributed by atoms with Crippen LogP contribution in [0.3, 0.4) is 0 Å². The fraction of sp³-hybridized carbons (Fsp3) is 0.0588. The number of hydrogen-bond acceptors (Lipinski definition) is 2. The van der Waals surface area contributed by atoms with E-state index in [9.17, 15) is 9.18 Å². The summed E-state index contributed by atoms with van der Waals surface area (Å²) in [5.74, 6) is -1.17. The molecule has 1 aliphatic heterocycles. The Kier molecular flexibility index (Phi) is 3.88. The summed E-state index contributed by atoms with van der Waals surface area (Å²) < 4.78 is 14.2. The first-order chi connectivity index (χ1) is 11.0. The summed E-state index contributed by atoms with van der Waals surface area (Å²) in [6.45, 7) is 0.243. The van der Waals surface area contributed by atoms with Crippen molar-refractivity contribution in [3.63, 3.8) is 0 Å². The van der Waals surface area contributed by atoms with Crippen molar-refractivity contribution in [2.75, 3.05) is 11.4 Å². The average Bonchev–Trinajstić information content (AvgIpc) is 2.54. The fourth-order valence-electron chi connectivity index (χ4n) is 2.58. The standard InChI is InChI=1S/C17H13ClFN3O/c18-11-6-7-12(13(9-11)16(20)21)17(23)22-8-2-4-10-3-1-5-14(19)15(10)22/h1-7,9H,8H2,(H3,20,21). The number of anilines is 1. The highest BCUT2D eigenvalue weighted by Crippen LogP contribution is 2.31. The van der Waals surface area contributed by atoms with E-state index in [1.807, 2.05) is 0 Å². The van der Waals surface area contributed by atoms with Crippen LogP contribution in [-0.2, 0) is 0 Å². The second-order valence-electron chi connectivity index (χ2n) is 5.10. The zero-order valence-corrected chi connectivity index (χ0v) is 12.8. The normalized spacial score (nSPS) is 12.9. The fourth-order valence-corrected chi connectivity index (χ4v) is 2.76. The summed E-state index contributed by atoms with van der Waals surface area (Å²) in [4.78, 5) is 14.2. The van der Waals surface area contributed by atoms with Crippen molar-refractivity contribution in [1.29, 1.82) is 5.41 Å². The molecule has 2 aromatic rings. The first kappa shape index (κ1) is 15.2. The number of nitrogens with zero attached hydrogens (tertiary/aromatic N) is 1. The van der Waals surface area contributed by atoms with Gasteiger partial charge in [-0.1, -0.05) is 35.9 Å². The average molecular weight is 330 g/mol. The molecule has 3 N–H and O–H groups in total. The second kappa shape index (κ2) is 5.85. The number of carbonyl (C=O) groups excluding carboxylic acids is 1. The van der Waals surface area contributed by atoms with Crippen molar-refractivity contribution in [3.05, 3.63) is 70.0 Å². The topological polar surface area (TPSA) is 70.2 Å². The number of benzene rings is 2. The first-order valence-corrected chi connectivity index (χ1v) is 7.27. The lowest BCUT2D eigenvalue weighted by atomic mass is 10.0. The molecule has 1 aliphatic rings. The van der Waals surface area contributed by atoms with E-state index in [-0.39, 0.29) is 29.2 Å². The van der Waals surface area contributed by atoms with Crippen LogP contribution >= 0.6 is 11.6 Å². The lowest BCUT2D eigenvalue weighted by Gasteiger charge is -2.27. The third-order valence-corrected chi connectivity index (χ3v) is 3.86. The molecule has 0 aliphatic carbocycles. The van der Waals surface area contributed by atoms with Crippen molar-refractivity contribution >= 4 is 35.1 Å². The monoisotopic (exact) mass is 329 g/mol. The summed E-state index contributed by atoms with van der Waals surface area (Å²) >= 11 is 5.91. The van der Waals surface area contributed by atoms with Crippen molar-refractivity contribution in [2.45, 2.75) is 0 Å². The zero-order valence-electron chi connectivity index (χ0n) is 12.0. The Morgan fingerprint density at radius 3 is 2.78 bits per heavy atom. The highest BCUT2D eigenvalue weighted by atomic mass is 35.5. The Morgan fingerprint density at radius 1 is 1.26 bits per heavy atom. The number of amidine groups is 1. The van der Waals surface area contributed by atoms with E-state index in [1.165, 1.54) is 23.1 Å². The molecule has 4 nitrogen and oxygen atoms in total. The summed E-state index contributed by atoms with van der Waals surface area (Å²) in [5, 5.41) is 8.00. The third-order valence-electron chi connectivity index (χ3n) is 3.62. The van der Waals surface area contributed by atoms with Gasteiger partial charge in [0.25, 0.3) is 5.91 Å². The lowest BCUT2D eigenvalue weighted by molar-refractivity contribution is 0.0988. The lowest BCUT2D eigenvalue weighted by Crippen LogP contribution is -2.35. The van der Waals surface area contributed by atoms with E-state index >= 15 is 0 Å². The molecule has 0 radical (unpaired) electrons. The van der Waals surface area contributed by atoms with E-state index in [2.05, 4.69) is 0 Å². The Hall–Kier alpha value is -2.66. The molecular formula is C17H13ClFN3O. The van der Waals surface area contributed by atoms with Crippen molar-refractivity contribution < 1.29 is 9.18 Å². The Labute approximate surface area is 137 Å². The molecule has 0 aromatic heterocycles. The molecule has 0 unspecified atom stereocenters. The minimum absolute atomic E-state index is 0.214. The number of carbonyl (C=O) groups is 1. The highest BCUT2D eigenvalue weighted by molar-refractivity contribution is 6.31. The predicted molar refractivity (Wildman–Crippen MR) is 89.6 cm³/mol. The minimum atomic E-state index is -0.474. The van der Waals surface area contributed by atoms with Gasteiger partial charge in [0.2, 0.25) is 0 Å². The van der Waals surface area contributed by atoms with Gasteiger partial charge in [-0.05, 0) is 24.3 Å². The molecule has 3 rings (SSSR count). The first-order valence-electron chi connectivity index (χ1n) is 6.90. The molecule has 0 saturated carbocycles. The van der Waals surface area contributed by atoms with Gasteiger partial charge in [-0.2, -0.15) is 0 Å². The summed E-state index contributed by atoms with van der Waals surface area (Å²) in [6.07, 6.45) is 3.55. The molecule has 0 atom stereocenters. The number of nitrogens with one attached hydrogen (secondary N) is 1. The van der Waals surface area contributed by atoms with Crippen LogP contribution in [-0.4, -0.2) is 18.3 Å². The van der Waals surface area contributed by atoms with Gasteiger partial charge in [-0.15, -0.1) is 0 Å². The van der Waals surface area contributed by atoms with E-state index in [4.69, 9.17) is 22.7 Å². The number of nitrogen functional groups attached to an aromatic ring is 1. The van der Waals surface area contributed by atoms with Crippen molar-refractivity contribution in [3.8, 4) is 0 Å². The molecule has 0 fully saturated rings. The van der Waals surface area contributed by atoms with Gasteiger partial charge in [0, 0.05) is 22.7 Å². The number of para-hydroxylation sites is 1. The number of hydrogen-bond donors (Lipinski definition) is 2. The van der Waals surface area contributed by atoms with Crippen LogP contribution in [0.15, 0.2) is 42.5 Å². The Morgan fingerprint density at radius 2 is 2.04 bits per heavy atom. The van der Waals surface area contributed by atoms with Crippen LogP contribution in [0.5, 0.6) is 0 Å². The van der Waals surface area contributed by atoms with E-state index in [1.54, 1.807) is 30.4 Å². The van der Waals surface area contributed by atoms with Crippen molar-refractivity contribution in [1.82, 2.24) is 0 Å². The van der Waals surface area contributed by atoms with Crippen molar-refractivity contribution in [2.24, 2.45) is 5.73 Å². The van der Waals surface area contributed by atoms with Crippen LogP contribution in [0, 0.1) is 11.2 Å². The predicted octanol–water partition coefficient (Wildman–Crippen LogP) is 3.44. The van der Waals surface area contributed by atoms with Gasteiger partial charge >= 0.3 is 0 Å². The van der Waals surface area contributed by atoms with Gasteiger partial charge in [0.15, 0.2) is 0 Å². The molecule has 0 spiro atoms. The largest absolute Gasteiger partial charge is 0.384 e. The van der Waals surface area contributed by atoms with Gasteiger partial charge < -0.3 is 10.6 Å².